The molecule has 0 unspecified atom stereocenters. The van der Waals surface area contributed by atoms with Gasteiger partial charge >= 0.3 is 34.1 Å². The van der Waals surface area contributed by atoms with Crippen LogP contribution in [0.1, 0.15) is 0 Å². The summed E-state index contributed by atoms with van der Waals surface area (Å²) in [6.07, 6.45) is 0. The molecule has 0 rings (SSSR count). The third-order valence-electron chi connectivity index (χ3n) is 0.194. The van der Waals surface area contributed by atoms with E-state index in [9.17, 15) is 25.9 Å². The second-order valence-corrected chi connectivity index (χ2v) is 3.55. The van der Waals surface area contributed by atoms with Gasteiger partial charge in [-0.1, -0.05) is 0 Å². The summed E-state index contributed by atoms with van der Waals surface area (Å²) >= 11 is -2.61. The Morgan fingerprint density at radius 1 is 0.875 bits per heavy atom. The minimum atomic E-state index is -5.31. The van der Waals surface area contributed by atoms with Crippen molar-refractivity contribution >= 4 is 32.2 Å². The number of rotatable bonds is 3. The first-order valence-electron chi connectivity index (χ1n) is 2.03. The van der Waals surface area contributed by atoms with Gasteiger partial charge in [-0.25, -0.2) is 16.8 Å². The predicted molar refractivity (Wildman–Crippen MR) is 35.0 cm³/mol. The van der Waals surface area contributed by atoms with Crippen LogP contribution in [0, 0.1) is 0 Å². The summed E-state index contributed by atoms with van der Waals surface area (Å²) < 4.78 is 84.3. The number of hydrogen-bond acceptors (Lipinski definition) is 9. The Morgan fingerprint density at radius 2 is 1.00 bits per heavy atom. The van der Waals surface area contributed by atoms with Gasteiger partial charge in [-0.3, -0.25) is 9.11 Å². The van der Waals surface area contributed by atoms with Crippen LogP contribution in [0.5, 0.6) is 0 Å². The molecule has 0 atom stereocenters. The molecule has 0 aromatic heterocycles. The van der Waals surface area contributed by atoms with E-state index in [1.165, 1.54) is 0 Å². The van der Waals surface area contributed by atoms with Crippen LogP contribution in [0.3, 0.4) is 0 Å². The molecule has 108 valence electrons. The molecule has 0 aromatic carbocycles. The van der Waals surface area contributed by atoms with Crippen molar-refractivity contribution in [1.82, 2.24) is 0 Å². The van der Waals surface area contributed by atoms with Crippen molar-refractivity contribution in [2.24, 2.45) is 0 Å². The summed E-state index contributed by atoms with van der Waals surface area (Å²) in [7, 11) is -10.6. The fourth-order valence-electron chi connectivity index (χ4n) is 0.0680. The molecule has 0 amide bonds. The van der Waals surface area contributed by atoms with E-state index in [0.717, 1.165) is 0 Å². The van der Waals surface area contributed by atoms with E-state index in [1.807, 2.05) is 0 Å². The monoisotopic (exact) mass is 400 g/mol. The summed E-state index contributed by atoms with van der Waals surface area (Å²) in [5.41, 5.74) is 0. The fourth-order valence-corrected chi connectivity index (χ4v) is 0.612. The normalized spacial score (nSPS) is 10.6. The molecule has 11 nitrogen and oxygen atoms in total. The van der Waals surface area contributed by atoms with Crippen molar-refractivity contribution in [3.63, 3.8) is 0 Å². The topological polar surface area (TPSA) is 190 Å². The maximum atomic E-state index is 9.37. The molecular formula is H2Cu2O11S3. The van der Waals surface area contributed by atoms with Gasteiger partial charge in [0.1, 0.15) is 0 Å². The quantitative estimate of drug-likeness (QED) is 0.127. The molecule has 0 saturated heterocycles. The van der Waals surface area contributed by atoms with Crippen molar-refractivity contribution in [2.45, 2.75) is 0 Å². The Balaban J connectivity index is -0.000000105. The molecule has 16 heteroatoms. The van der Waals surface area contributed by atoms with Crippen LogP contribution in [0.15, 0.2) is 0 Å². The molecule has 0 aliphatic carbocycles. The third-order valence-corrected chi connectivity index (χ3v) is 0.750. The largest absolute Gasteiger partial charge is 1.00 e. The molecule has 0 heterocycles. The van der Waals surface area contributed by atoms with Crippen LogP contribution in [0.4, 0.5) is 0 Å². The average Bonchev–Trinajstić information content (AvgIpc) is 1.79. The van der Waals surface area contributed by atoms with Gasteiger partial charge in [-0.2, -0.15) is 4.21 Å². The predicted octanol–water partition coefficient (Wildman–Crippen LogP) is -2.47. The zero-order valence-corrected chi connectivity index (χ0v) is 10.7. The van der Waals surface area contributed by atoms with Crippen molar-refractivity contribution in [1.29, 1.82) is 0 Å². The maximum absolute atomic E-state index is 9.37. The molecule has 0 spiro atoms. The van der Waals surface area contributed by atoms with Crippen LogP contribution in [0.2, 0.25) is 0 Å². The molecule has 0 aliphatic rings. The van der Waals surface area contributed by atoms with Crippen LogP contribution in [0.25, 0.3) is 0 Å². The van der Waals surface area contributed by atoms with E-state index in [2.05, 4.69) is 8.67 Å². The van der Waals surface area contributed by atoms with Gasteiger partial charge in [-0.05, 0) is 0 Å². The van der Waals surface area contributed by atoms with Gasteiger partial charge in [0.15, 0.2) is 0 Å². The second-order valence-electron chi connectivity index (χ2n) is 1.18. The van der Waals surface area contributed by atoms with Crippen LogP contribution >= 0.6 is 0 Å². The van der Waals surface area contributed by atoms with E-state index in [1.54, 1.807) is 0 Å². The van der Waals surface area contributed by atoms with Crippen LogP contribution < -0.4 is 0 Å². The van der Waals surface area contributed by atoms with Crippen molar-refractivity contribution < 1.29 is 82.1 Å². The van der Waals surface area contributed by atoms with Gasteiger partial charge < -0.3 is 9.11 Å². The second kappa shape index (κ2) is 11.0. The van der Waals surface area contributed by atoms with Gasteiger partial charge in [0, 0.05) is 0 Å². The summed E-state index contributed by atoms with van der Waals surface area (Å²) in [6.45, 7) is 0. The zero-order chi connectivity index (χ0) is 12.0. The minimum Gasteiger partial charge on any atom is -0.724 e. The first-order valence-corrected chi connectivity index (χ1v) is 5.76. The summed E-state index contributed by atoms with van der Waals surface area (Å²) in [4.78, 5) is 0. The van der Waals surface area contributed by atoms with Gasteiger partial charge in [0.05, 0.1) is 0 Å². The molecule has 16 heavy (non-hydrogen) atoms. The Bertz CT molecular complexity index is 326. The van der Waals surface area contributed by atoms with Crippen LogP contribution in [-0.4, -0.2) is 39.3 Å². The molecule has 2 N–H and O–H groups in total. The van der Waals surface area contributed by atoms with E-state index >= 15 is 0 Å². The minimum absolute atomic E-state index is 0. The van der Waals surface area contributed by atoms with Gasteiger partial charge in [-0.15, -0.1) is 8.67 Å². The Morgan fingerprint density at radius 3 is 1.06 bits per heavy atom. The molecular weight excluding hydrogens is 399 g/mol. The number of hydrogen-bond donors (Lipinski definition) is 2. The SMILES string of the molecule is O=S(=O)([O-])OOS(=O)(=O)[O-].O=S(O)O.[Cu+].[Cu+]. The molecule has 0 saturated carbocycles. The van der Waals surface area contributed by atoms with Crippen LogP contribution in [-0.2, 0) is 75.0 Å². The first-order chi connectivity index (χ1) is 5.94. The Kier molecular flexibility index (Phi) is 17.6. The average molecular weight is 401 g/mol. The Labute approximate surface area is 114 Å². The van der Waals surface area contributed by atoms with Crippen molar-refractivity contribution in [3.05, 3.63) is 0 Å². The summed E-state index contributed by atoms with van der Waals surface area (Å²) in [5, 5.41) is 0. The van der Waals surface area contributed by atoms with E-state index < -0.39 is 32.2 Å². The standard InChI is InChI=1S/2Cu.H2O8S2.H2O3S/c;;1-9(2,3)7-8-10(4,5)6;1-4(2)3/h;;(H,1,2,3)(H,4,5,6);(H2,1,2,3)/q2*+1;;/p-2. The van der Waals surface area contributed by atoms with E-state index in [0.29, 0.717) is 0 Å². The molecule has 0 radical (unpaired) electrons. The van der Waals surface area contributed by atoms with Crippen molar-refractivity contribution in [3.8, 4) is 0 Å². The summed E-state index contributed by atoms with van der Waals surface area (Å²) in [6, 6.07) is 0. The molecule has 0 aromatic rings. The first kappa shape index (κ1) is 25.6. The molecule has 0 bridgehead atoms. The zero-order valence-electron chi connectivity index (χ0n) is 6.40. The molecule has 0 fully saturated rings. The van der Waals surface area contributed by atoms with E-state index in [-0.39, 0.29) is 34.1 Å². The summed E-state index contributed by atoms with van der Waals surface area (Å²) in [5.74, 6) is 0. The molecule has 0 aliphatic heterocycles. The smallest absolute Gasteiger partial charge is 0.724 e. The van der Waals surface area contributed by atoms with Crippen molar-refractivity contribution in [2.75, 3.05) is 0 Å². The van der Waals surface area contributed by atoms with E-state index in [4.69, 9.17) is 13.3 Å². The van der Waals surface area contributed by atoms with Gasteiger partial charge in [0.2, 0.25) is 20.8 Å². The maximum Gasteiger partial charge on any atom is 1.00 e. The third kappa shape index (κ3) is 46.2. The fraction of sp³-hybridized carbons (Fsp3) is 0. The Hall–Kier alpha value is 0.849. The van der Waals surface area contributed by atoms with Gasteiger partial charge in [0.25, 0.3) is 11.4 Å².